The summed E-state index contributed by atoms with van der Waals surface area (Å²) in [6.45, 7) is 4.32. The topological polar surface area (TPSA) is 171 Å². The molecule has 9 heteroatoms. The minimum Gasteiger partial charge on any atom is -0.664 e. The zero-order valence-electron chi connectivity index (χ0n) is 30.6. The molecule has 1 saturated carbocycles. The van der Waals surface area contributed by atoms with Crippen molar-refractivity contribution in [2.75, 3.05) is 12.3 Å². The molecule has 0 saturated heterocycles. The largest absolute Gasteiger partial charge is 0.664 e. The molecular formula is C41H64N3O6-. The van der Waals surface area contributed by atoms with E-state index in [4.69, 9.17) is 10.7 Å². The molecule has 2 aromatic heterocycles. The summed E-state index contributed by atoms with van der Waals surface area (Å²) in [5.41, 5.74) is 8.89. The Labute approximate surface area is 299 Å². The van der Waals surface area contributed by atoms with Crippen molar-refractivity contribution in [3.63, 3.8) is 0 Å². The summed E-state index contributed by atoms with van der Waals surface area (Å²) < 4.78 is 0. The predicted molar refractivity (Wildman–Crippen MR) is 197 cm³/mol. The first-order valence-electron chi connectivity index (χ1n) is 19.5. The number of carboxylic acids is 1. The van der Waals surface area contributed by atoms with Crippen LogP contribution in [-0.4, -0.2) is 60.9 Å². The maximum atomic E-state index is 12.3. The van der Waals surface area contributed by atoms with E-state index < -0.39 is 23.6 Å². The highest BCUT2D eigenvalue weighted by Crippen LogP contribution is 2.46. The van der Waals surface area contributed by atoms with Gasteiger partial charge < -0.3 is 36.3 Å². The fraction of sp³-hybridized carbons (Fsp3) is 0.707. The van der Waals surface area contributed by atoms with Crippen LogP contribution in [0.1, 0.15) is 126 Å². The third-order valence-corrected chi connectivity index (χ3v) is 11.6. The van der Waals surface area contributed by atoms with Crippen LogP contribution in [0.3, 0.4) is 0 Å². The highest BCUT2D eigenvalue weighted by Gasteiger charge is 2.45. The van der Waals surface area contributed by atoms with E-state index in [0.29, 0.717) is 50.3 Å². The Balaban J connectivity index is 1.32. The monoisotopic (exact) mass is 694 g/mol. The fourth-order valence-electron chi connectivity index (χ4n) is 8.76. The maximum absolute atomic E-state index is 12.3. The number of nitrogens with two attached hydrogens (primary N) is 1. The number of allylic oxidation sites excluding steroid dienone is 1. The molecule has 0 aromatic carbocycles. The van der Waals surface area contributed by atoms with Gasteiger partial charge in [-0.3, -0.25) is 4.79 Å². The zero-order valence-corrected chi connectivity index (χ0v) is 30.6. The van der Waals surface area contributed by atoms with Crippen LogP contribution in [0.15, 0.2) is 36.5 Å². The van der Waals surface area contributed by atoms with Gasteiger partial charge in [-0.05, 0) is 112 Å². The van der Waals surface area contributed by atoms with Crippen LogP contribution >= 0.6 is 0 Å². The van der Waals surface area contributed by atoms with Crippen LogP contribution in [0.5, 0.6) is 0 Å². The van der Waals surface area contributed by atoms with Crippen molar-refractivity contribution in [3.8, 4) is 0 Å². The lowest BCUT2D eigenvalue weighted by atomic mass is 9.80. The van der Waals surface area contributed by atoms with E-state index in [1.165, 1.54) is 19.3 Å². The van der Waals surface area contributed by atoms with Crippen molar-refractivity contribution in [1.82, 2.24) is 9.97 Å². The smallest absolute Gasteiger partial charge is 0.309 e. The molecule has 2 heterocycles. The van der Waals surface area contributed by atoms with Gasteiger partial charge in [0.25, 0.3) is 0 Å². The molecule has 8 atom stereocenters. The maximum Gasteiger partial charge on any atom is 0.309 e. The number of carboxylic acid groups (broad SMARTS) is 1. The van der Waals surface area contributed by atoms with Gasteiger partial charge in [0.15, 0.2) is 0 Å². The molecule has 50 heavy (non-hydrogen) atoms. The van der Waals surface area contributed by atoms with Gasteiger partial charge in [-0.2, -0.15) is 11.4 Å². The van der Waals surface area contributed by atoms with Crippen molar-refractivity contribution in [2.24, 2.45) is 29.6 Å². The summed E-state index contributed by atoms with van der Waals surface area (Å²) in [4.78, 5) is 21.2. The summed E-state index contributed by atoms with van der Waals surface area (Å²) >= 11 is 0. The second kappa shape index (κ2) is 19.8. The van der Waals surface area contributed by atoms with Gasteiger partial charge in [0.1, 0.15) is 5.82 Å². The minimum absolute atomic E-state index is 0.0389. The van der Waals surface area contributed by atoms with E-state index in [1.54, 1.807) is 6.20 Å². The lowest BCUT2D eigenvalue weighted by Crippen LogP contribution is -2.37. The Morgan fingerprint density at radius 3 is 2.56 bits per heavy atom. The summed E-state index contributed by atoms with van der Waals surface area (Å²) in [7, 11) is 0. The minimum atomic E-state index is -1.07. The molecule has 9 nitrogen and oxygen atoms in total. The Hall–Kier alpha value is -2.72. The van der Waals surface area contributed by atoms with Crippen LogP contribution in [0, 0.1) is 29.6 Å². The van der Waals surface area contributed by atoms with Crippen molar-refractivity contribution >= 4 is 11.8 Å². The fourth-order valence-corrected chi connectivity index (χ4v) is 8.76. The van der Waals surface area contributed by atoms with Crippen LogP contribution in [0.4, 0.5) is 5.82 Å². The normalized spacial score (nSPS) is 26.3. The van der Waals surface area contributed by atoms with Gasteiger partial charge in [0.2, 0.25) is 0 Å². The summed E-state index contributed by atoms with van der Waals surface area (Å²) in [5.74, 6) is -0.681. The SMILES string of the molecule is CCCCC[C@@H]1C=C[C@@H](CCCCC[C@H](C(=O)O)[C@H](O)CC[C@]2(O)C[C@H](Cc3ccnc(N)c3)C[C@H]2Cc2cc(CC)c(CCO)[n-]2)[C@H](O)C1. The molecular weight excluding hydrogens is 630 g/mol. The average molecular weight is 695 g/mol. The number of carbonyl (C=O) groups is 1. The Morgan fingerprint density at radius 2 is 1.86 bits per heavy atom. The van der Waals surface area contributed by atoms with Crippen LogP contribution in [0.2, 0.25) is 0 Å². The number of hydrogen-bond donors (Lipinski definition) is 6. The quantitative estimate of drug-likeness (QED) is 0.0622. The molecule has 1 fully saturated rings. The highest BCUT2D eigenvalue weighted by atomic mass is 16.4. The molecule has 4 rings (SSSR count). The summed E-state index contributed by atoms with van der Waals surface area (Å²) in [5, 5.41) is 53.7. The van der Waals surface area contributed by atoms with Crippen molar-refractivity contribution < 1.29 is 30.3 Å². The molecule has 0 amide bonds. The second-order valence-electron chi connectivity index (χ2n) is 15.4. The standard InChI is InChI=1S/C41H64N3O6/c1-3-5-7-10-28-13-14-32(38(47)23-28)11-8-6-9-12-35(40(48)49)37(46)15-18-41(50)27-30(21-29-16-19-43-39(42)24-29)22-33(41)26-34-25-31(4-2)36(44-34)17-20-45/h13-14,16,19,24-25,28,30,32-33,35,37-38,45-47,50H,3-12,15,17-18,20-23,26-27H2,1-2H3,(H2,42,43)(H,48,49)/q-1/t28-,30-,32-,33+,35+,37-,38-,41+/m1/s1. The first-order valence-corrected chi connectivity index (χ1v) is 19.5. The Kier molecular flexibility index (Phi) is 15.8. The van der Waals surface area contributed by atoms with Crippen LogP contribution in [0.25, 0.3) is 0 Å². The highest BCUT2D eigenvalue weighted by molar-refractivity contribution is 5.70. The molecule has 0 aliphatic heterocycles. The summed E-state index contributed by atoms with van der Waals surface area (Å²) in [6, 6.07) is 5.92. The predicted octanol–water partition coefficient (Wildman–Crippen LogP) is 6.19. The van der Waals surface area contributed by atoms with Crippen molar-refractivity contribution in [3.05, 3.63) is 59.1 Å². The number of aryl methyl sites for hydroxylation is 1. The van der Waals surface area contributed by atoms with E-state index in [0.717, 1.165) is 73.9 Å². The van der Waals surface area contributed by atoms with E-state index in [-0.39, 0.29) is 36.9 Å². The number of aromatic nitrogens is 2. The summed E-state index contributed by atoms with van der Waals surface area (Å²) in [6.07, 6.45) is 18.7. The van der Waals surface area contributed by atoms with Gasteiger partial charge >= 0.3 is 5.97 Å². The molecule has 2 aromatic rings. The number of rotatable bonds is 22. The average Bonchev–Trinajstić information content (AvgIpc) is 3.61. The molecule has 0 bridgehead atoms. The van der Waals surface area contributed by atoms with Gasteiger partial charge in [0, 0.05) is 18.7 Å². The lowest BCUT2D eigenvalue weighted by molar-refractivity contribution is -0.146. The lowest BCUT2D eigenvalue weighted by Gasteiger charge is -2.33. The Morgan fingerprint density at radius 1 is 1.06 bits per heavy atom. The number of pyridine rings is 1. The van der Waals surface area contributed by atoms with Gasteiger partial charge in [0.05, 0.1) is 23.7 Å². The van der Waals surface area contributed by atoms with Crippen LogP contribution < -0.4 is 10.7 Å². The number of anilines is 1. The van der Waals surface area contributed by atoms with Gasteiger partial charge in [-0.1, -0.05) is 76.2 Å². The molecule has 0 unspecified atom stereocenters. The third kappa shape index (κ3) is 11.7. The van der Waals surface area contributed by atoms with E-state index in [2.05, 4.69) is 37.0 Å². The number of unbranched alkanes of at least 4 members (excludes halogenated alkanes) is 4. The van der Waals surface area contributed by atoms with Gasteiger partial charge in [-0.15, -0.1) is 0 Å². The van der Waals surface area contributed by atoms with E-state index in [1.807, 2.05) is 12.1 Å². The van der Waals surface area contributed by atoms with Gasteiger partial charge in [-0.25, -0.2) is 4.98 Å². The van der Waals surface area contributed by atoms with Crippen molar-refractivity contribution in [1.29, 1.82) is 0 Å². The number of aliphatic hydroxyl groups excluding tert-OH is 3. The van der Waals surface area contributed by atoms with E-state index >= 15 is 0 Å². The number of nitrogen functional groups attached to an aromatic ring is 1. The molecule has 2 aliphatic carbocycles. The molecule has 7 N–H and O–H groups in total. The first kappa shape index (κ1) is 40.1. The van der Waals surface area contributed by atoms with E-state index in [9.17, 15) is 30.3 Å². The number of hydrogen-bond acceptors (Lipinski definition) is 7. The number of aliphatic hydroxyl groups is 4. The molecule has 280 valence electrons. The van der Waals surface area contributed by atoms with Crippen LogP contribution in [-0.2, 0) is 30.5 Å². The number of aliphatic carboxylic acids is 1. The number of nitrogens with zero attached hydrogens (tertiary/aromatic N) is 2. The third-order valence-electron chi connectivity index (χ3n) is 11.6. The zero-order chi connectivity index (χ0) is 36.1. The Bertz CT molecular complexity index is 1350. The van der Waals surface area contributed by atoms with Crippen molar-refractivity contribution in [2.45, 2.75) is 147 Å². The molecule has 0 radical (unpaired) electrons. The molecule has 2 aliphatic rings. The second-order valence-corrected chi connectivity index (χ2v) is 15.4. The first-order chi connectivity index (χ1) is 24.0. The molecule has 0 spiro atoms.